The maximum atomic E-state index is 13.6. The van der Waals surface area contributed by atoms with Gasteiger partial charge < -0.3 is 10.1 Å². The van der Waals surface area contributed by atoms with Crippen LogP contribution in [0.2, 0.25) is 10.0 Å². The van der Waals surface area contributed by atoms with Gasteiger partial charge in [-0.15, -0.1) is 0 Å². The maximum absolute atomic E-state index is 13.6. The Labute approximate surface area is 164 Å². The van der Waals surface area contributed by atoms with Crippen molar-refractivity contribution in [2.24, 2.45) is 0 Å². The first-order valence-electron chi connectivity index (χ1n) is 8.37. The van der Waals surface area contributed by atoms with Crippen LogP contribution in [0.25, 0.3) is 10.9 Å². The summed E-state index contributed by atoms with van der Waals surface area (Å²) in [7, 11) is 0. The molecule has 1 aliphatic heterocycles. The number of carbonyl (C=O) groups is 1. The topological polar surface area (TPSA) is 68.4 Å². The molecule has 4 rings (SSSR count). The molecule has 3 aromatic rings. The minimum atomic E-state index is -1.09. The summed E-state index contributed by atoms with van der Waals surface area (Å²) in [6, 6.07) is 9.47. The van der Waals surface area contributed by atoms with Crippen LogP contribution >= 0.6 is 23.2 Å². The van der Waals surface area contributed by atoms with Crippen LogP contribution in [0.15, 0.2) is 42.6 Å². The summed E-state index contributed by atoms with van der Waals surface area (Å²) in [6.07, 6.45) is 0.952. The molecule has 2 atom stereocenters. The van der Waals surface area contributed by atoms with Crippen LogP contribution in [0.1, 0.15) is 11.1 Å². The fourth-order valence-corrected chi connectivity index (χ4v) is 3.82. The molecular formula is C19H16Cl2FN3O2. The monoisotopic (exact) mass is 407 g/mol. The molecule has 0 saturated carbocycles. The maximum Gasteiger partial charge on any atom is 0.243 e. The van der Waals surface area contributed by atoms with Crippen LogP contribution in [-0.4, -0.2) is 33.3 Å². The molecule has 8 heteroatoms. The number of hydrogen-bond acceptors (Lipinski definition) is 3. The van der Waals surface area contributed by atoms with Crippen molar-refractivity contribution in [2.45, 2.75) is 25.4 Å². The molecule has 27 heavy (non-hydrogen) atoms. The second-order valence-corrected chi connectivity index (χ2v) is 7.31. The SMILES string of the molecule is O=C1[C@@H](Cc2c[nH]c3c(Cl)c(F)ccc23)NC(O)N1Cc1cccc(Cl)c1. The Balaban J connectivity index is 1.54. The van der Waals surface area contributed by atoms with E-state index in [1.165, 1.54) is 11.0 Å². The smallest absolute Gasteiger partial charge is 0.243 e. The van der Waals surface area contributed by atoms with E-state index in [4.69, 9.17) is 23.2 Å². The number of aliphatic hydroxyl groups is 1. The van der Waals surface area contributed by atoms with Crippen molar-refractivity contribution >= 4 is 40.0 Å². The summed E-state index contributed by atoms with van der Waals surface area (Å²) in [4.78, 5) is 17.1. The molecule has 140 valence electrons. The summed E-state index contributed by atoms with van der Waals surface area (Å²) >= 11 is 12.0. The van der Waals surface area contributed by atoms with Gasteiger partial charge >= 0.3 is 0 Å². The lowest BCUT2D eigenvalue weighted by Gasteiger charge is -2.19. The zero-order valence-corrected chi connectivity index (χ0v) is 15.6. The predicted molar refractivity (Wildman–Crippen MR) is 102 cm³/mol. The van der Waals surface area contributed by atoms with E-state index in [-0.39, 0.29) is 17.5 Å². The molecule has 3 N–H and O–H groups in total. The van der Waals surface area contributed by atoms with Crippen LogP contribution in [0, 0.1) is 5.82 Å². The van der Waals surface area contributed by atoms with Crippen LogP contribution in [0.4, 0.5) is 4.39 Å². The van der Waals surface area contributed by atoms with Gasteiger partial charge in [-0.25, -0.2) is 4.39 Å². The van der Waals surface area contributed by atoms with Crippen molar-refractivity contribution < 1.29 is 14.3 Å². The zero-order chi connectivity index (χ0) is 19.1. The first kappa shape index (κ1) is 18.3. The molecule has 2 aromatic carbocycles. The number of halogens is 3. The molecule has 0 spiro atoms. The third-order valence-electron chi connectivity index (χ3n) is 4.72. The number of H-pyrrole nitrogens is 1. The third-order valence-corrected chi connectivity index (χ3v) is 5.33. The summed E-state index contributed by atoms with van der Waals surface area (Å²) in [5, 5.41) is 14.5. The van der Waals surface area contributed by atoms with Crippen molar-refractivity contribution in [3.8, 4) is 0 Å². The Bertz CT molecular complexity index is 1020. The highest BCUT2D eigenvalue weighted by Gasteiger charge is 2.38. The molecule has 1 aromatic heterocycles. The molecule has 1 aliphatic rings. The summed E-state index contributed by atoms with van der Waals surface area (Å²) in [5.74, 6) is -0.721. The van der Waals surface area contributed by atoms with Crippen molar-refractivity contribution in [1.82, 2.24) is 15.2 Å². The van der Waals surface area contributed by atoms with Crippen molar-refractivity contribution in [3.63, 3.8) is 0 Å². The first-order valence-corrected chi connectivity index (χ1v) is 9.12. The minimum absolute atomic E-state index is 0.0204. The third kappa shape index (κ3) is 3.41. The number of aliphatic hydroxyl groups excluding tert-OH is 1. The molecule has 5 nitrogen and oxygen atoms in total. The highest BCUT2D eigenvalue weighted by molar-refractivity contribution is 6.35. The fraction of sp³-hybridized carbons (Fsp3) is 0.211. The Morgan fingerprint density at radius 2 is 2.04 bits per heavy atom. The average molecular weight is 408 g/mol. The van der Waals surface area contributed by atoms with E-state index >= 15 is 0 Å². The van der Waals surface area contributed by atoms with Gasteiger partial charge in [0.25, 0.3) is 0 Å². The lowest BCUT2D eigenvalue weighted by molar-refractivity contribution is -0.134. The standard InChI is InChI=1S/C19H16Cl2FN3O2/c20-12-3-1-2-10(6-12)9-25-18(26)15(24-19(25)27)7-11-8-23-17-13(11)4-5-14(22)16(17)21/h1-6,8,15,19,23-24,27H,7,9H2/t15-,19?/m1/s1. The Morgan fingerprint density at radius 1 is 1.22 bits per heavy atom. The van der Waals surface area contributed by atoms with Crippen LogP contribution in [0.3, 0.4) is 0 Å². The number of hydrogen-bond donors (Lipinski definition) is 3. The van der Waals surface area contributed by atoms with E-state index in [0.717, 1.165) is 16.5 Å². The summed E-state index contributed by atoms with van der Waals surface area (Å²) < 4.78 is 13.6. The molecule has 1 saturated heterocycles. The number of rotatable bonds is 4. The van der Waals surface area contributed by atoms with E-state index in [9.17, 15) is 14.3 Å². The van der Waals surface area contributed by atoms with Gasteiger partial charge in [-0.3, -0.25) is 15.0 Å². The van der Waals surface area contributed by atoms with Crippen LogP contribution in [-0.2, 0) is 17.8 Å². The number of nitrogens with one attached hydrogen (secondary N) is 2. The minimum Gasteiger partial charge on any atom is -0.361 e. The number of nitrogens with zero attached hydrogens (tertiary/aromatic N) is 1. The lowest BCUT2D eigenvalue weighted by atomic mass is 10.0. The fourth-order valence-electron chi connectivity index (χ4n) is 3.39. The number of benzene rings is 2. The van der Waals surface area contributed by atoms with Gasteiger partial charge in [-0.2, -0.15) is 0 Å². The molecule has 1 unspecified atom stereocenters. The summed E-state index contributed by atoms with van der Waals surface area (Å²) in [5.41, 5.74) is 2.13. The van der Waals surface area contributed by atoms with E-state index in [2.05, 4.69) is 10.3 Å². The quantitative estimate of drug-likeness (QED) is 0.620. The number of fused-ring (bicyclic) bond motifs is 1. The van der Waals surface area contributed by atoms with E-state index in [1.807, 2.05) is 6.07 Å². The number of aromatic nitrogens is 1. The van der Waals surface area contributed by atoms with Crippen LogP contribution < -0.4 is 5.32 Å². The predicted octanol–water partition coefficient (Wildman–Crippen LogP) is 3.43. The molecule has 0 bridgehead atoms. The molecule has 0 radical (unpaired) electrons. The lowest BCUT2D eigenvalue weighted by Crippen LogP contribution is -2.36. The van der Waals surface area contributed by atoms with E-state index in [1.54, 1.807) is 30.5 Å². The first-order chi connectivity index (χ1) is 12.9. The normalized spacial score (nSPS) is 20.0. The molecule has 1 fully saturated rings. The Hall–Kier alpha value is -2.12. The molecule has 0 aliphatic carbocycles. The van der Waals surface area contributed by atoms with Crippen molar-refractivity contribution in [1.29, 1.82) is 0 Å². The van der Waals surface area contributed by atoms with Gasteiger partial charge in [0, 0.05) is 23.2 Å². The number of aromatic amines is 1. The van der Waals surface area contributed by atoms with Gasteiger partial charge in [0.1, 0.15) is 10.8 Å². The molecular weight excluding hydrogens is 392 g/mol. The second-order valence-electron chi connectivity index (χ2n) is 6.49. The van der Waals surface area contributed by atoms with E-state index < -0.39 is 18.2 Å². The summed E-state index contributed by atoms with van der Waals surface area (Å²) in [6.45, 7) is 0.245. The van der Waals surface area contributed by atoms with Gasteiger partial charge in [0.2, 0.25) is 5.91 Å². The van der Waals surface area contributed by atoms with Gasteiger partial charge in [-0.05, 0) is 41.8 Å². The molecule has 2 heterocycles. The Morgan fingerprint density at radius 3 is 2.81 bits per heavy atom. The van der Waals surface area contributed by atoms with Crippen molar-refractivity contribution in [2.75, 3.05) is 0 Å². The van der Waals surface area contributed by atoms with Gasteiger partial charge in [-0.1, -0.05) is 35.3 Å². The average Bonchev–Trinajstić information content (AvgIpc) is 3.15. The van der Waals surface area contributed by atoms with E-state index in [0.29, 0.717) is 17.0 Å². The van der Waals surface area contributed by atoms with Gasteiger partial charge in [0.15, 0.2) is 6.35 Å². The van der Waals surface area contributed by atoms with Crippen molar-refractivity contribution in [3.05, 3.63) is 69.6 Å². The van der Waals surface area contributed by atoms with Crippen LogP contribution in [0.5, 0.6) is 0 Å². The number of carbonyl (C=O) groups excluding carboxylic acids is 1. The second kappa shape index (κ2) is 7.13. The highest BCUT2D eigenvalue weighted by Crippen LogP contribution is 2.29. The highest BCUT2D eigenvalue weighted by atomic mass is 35.5. The largest absolute Gasteiger partial charge is 0.361 e. The number of amides is 1. The Kier molecular flexibility index (Phi) is 4.82. The zero-order valence-electron chi connectivity index (χ0n) is 14.0. The van der Waals surface area contributed by atoms with Gasteiger partial charge in [0.05, 0.1) is 11.6 Å². The molecule has 1 amide bonds.